The van der Waals surface area contributed by atoms with E-state index in [1.165, 1.54) is 0 Å². The fraction of sp³-hybridized carbons (Fsp3) is 0.385. The van der Waals surface area contributed by atoms with Crippen LogP contribution in [0.4, 0.5) is 0 Å². The van der Waals surface area contributed by atoms with Gasteiger partial charge in [-0.1, -0.05) is 11.6 Å². The van der Waals surface area contributed by atoms with Gasteiger partial charge in [0.15, 0.2) is 0 Å². The number of aromatic amines is 1. The monoisotopic (exact) mass is 296 g/mol. The molecule has 2 aromatic rings. The van der Waals surface area contributed by atoms with Gasteiger partial charge < -0.3 is 21.1 Å². The maximum atomic E-state index is 11.4. The summed E-state index contributed by atoms with van der Waals surface area (Å²) in [5.41, 5.74) is 7.64. The Bertz CT molecular complexity index is 599. The molecule has 108 valence electrons. The summed E-state index contributed by atoms with van der Waals surface area (Å²) < 4.78 is 0. The van der Waals surface area contributed by atoms with E-state index in [1.807, 2.05) is 6.07 Å². The highest BCUT2D eigenvalue weighted by atomic mass is 35.5. The minimum atomic E-state index is -0.346. The molecule has 0 spiro atoms. The number of carbonyl (C=O) groups excluding carboxylic acids is 1. The van der Waals surface area contributed by atoms with Gasteiger partial charge in [0.25, 0.3) is 0 Å². The van der Waals surface area contributed by atoms with Crippen LogP contribution in [-0.4, -0.2) is 34.1 Å². The third kappa shape index (κ3) is 3.69. The Labute approximate surface area is 121 Å². The normalized spacial score (nSPS) is 12.6. The van der Waals surface area contributed by atoms with Gasteiger partial charge in [-0.25, -0.2) is 4.98 Å². The molecule has 0 aliphatic carbocycles. The lowest BCUT2D eigenvalue weighted by molar-refractivity contribution is -0.121. The van der Waals surface area contributed by atoms with Crippen LogP contribution < -0.4 is 11.1 Å². The van der Waals surface area contributed by atoms with E-state index in [2.05, 4.69) is 15.3 Å². The molecule has 0 radical (unpaired) electrons. The molecule has 1 aromatic carbocycles. The molecular formula is C13H17ClN4O2. The number of nitrogens with two attached hydrogens (primary N) is 1. The molecule has 0 bridgehead atoms. The number of hydrogen-bond donors (Lipinski definition) is 4. The second kappa shape index (κ2) is 6.69. The predicted octanol–water partition coefficient (Wildman–Crippen LogP) is 1.10. The summed E-state index contributed by atoms with van der Waals surface area (Å²) in [6, 6.07) is 5.02. The molecular weight excluding hydrogens is 280 g/mol. The molecule has 1 atom stereocenters. The van der Waals surface area contributed by atoms with Crippen molar-refractivity contribution in [3.05, 3.63) is 29.0 Å². The van der Waals surface area contributed by atoms with Crippen molar-refractivity contribution in [2.24, 2.45) is 5.73 Å². The first kappa shape index (κ1) is 14.8. The van der Waals surface area contributed by atoms with Crippen molar-refractivity contribution in [1.29, 1.82) is 0 Å². The SMILES string of the molecule is NC(CCC(=O)NCCO)c1nc2ccc(Cl)cc2[nH]1. The lowest BCUT2D eigenvalue weighted by atomic mass is 10.1. The standard InChI is InChI=1S/C13H17ClN4O2/c14-8-1-3-10-11(7-8)18-13(17-10)9(15)2-4-12(20)16-5-6-19/h1,3,7,9,19H,2,4-6,15H2,(H,16,20)(H,17,18). The first-order valence-corrected chi connectivity index (χ1v) is 6.76. The quantitative estimate of drug-likeness (QED) is 0.641. The number of fused-ring (bicyclic) bond motifs is 1. The van der Waals surface area contributed by atoms with Crippen molar-refractivity contribution in [2.75, 3.05) is 13.2 Å². The zero-order chi connectivity index (χ0) is 14.5. The van der Waals surface area contributed by atoms with Gasteiger partial charge in [0.05, 0.1) is 23.7 Å². The second-order valence-corrected chi connectivity index (χ2v) is 4.94. The molecule has 20 heavy (non-hydrogen) atoms. The Morgan fingerprint density at radius 1 is 1.55 bits per heavy atom. The topological polar surface area (TPSA) is 104 Å². The summed E-state index contributed by atoms with van der Waals surface area (Å²) in [7, 11) is 0. The van der Waals surface area contributed by atoms with Crippen molar-refractivity contribution in [1.82, 2.24) is 15.3 Å². The number of nitrogens with zero attached hydrogens (tertiary/aromatic N) is 1. The number of rotatable bonds is 6. The van der Waals surface area contributed by atoms with Crippen molar-refractivity contribution in [2.45, 2.75) is 18.9 Å². The minimum absolute atomic E-state index is 0.0673. The fourth-order valence-electron chi connectivity index (χ4n) is 1.88. The van der Waals surface area contributed by atoms with E-state index in [9.17, 15) is 4.79 Å². The highest BCUT2D eigenvalue weighted by Gasteiger charge is 2.13. The molecule has 0 fully saturated rings. The maximum absolute atomic E-state index is 11.4. The molecule has 1 unspecified atom stereocenters. The third-order valence-corrected chi connectivity index (χ3v) is 3.16. The van der Waals surface area contributed by atoms with Crippen molar-refractivity contribution in [3.8, 4) is 0 Å². The molecule has 5 N–H and O–H groups in total. The maximum Gasteiger partial charge on any atom is 0.220 e. The largest absolute Gasteiger partial charge is 0.395 e. The number of nitrogens with one attached hydrogen (secondary N) is 2. The summed E-state index contributed by atoms with van der Waals surface area (Å²) in [5.74, 6) is 0.505. The van der Waals surface area contributed by atoms with Crippen LogP contribution in [0.15, 0.2) is 18.2 Å². The van der Waals surface area contributed by atoms with Crippen LogP contribution in [0.5, 0.6) is 0 Å². The Morgan fingerprint density at radius 3 is 3.10 bits per heavy atom. The van der Waals surface area contributed by atoms with Crippen LogP contribution >= 0.6 is 11.6 Å². The molecule has 1 aromatic heterocycles. The van der Waals surface area contributed by atoms with Crippen LogP contribution in [0.25, 0.3) is 11.0 Å². The van der Waals surface area contributed by atoms with Gasteiger partial charge in [0.1, 0.15) is 5.82 Å². The molecule has 0 aliphatic heterocycles. The van der Waals surface area contributed by atoms with Crippen molar-refractivity contribution < 1.29 is 9.90 Å². The van der Waals surface area contributed by atoms with E-state index in [0.29, 0.717) is 23.7 Å². The van der Waals surface area contributed by atoms with Crippen molar-refractivity contribution in [3.63, 3.8) is 0 Å². The highest BCUT2D eigenvalue weighted by molar-refractivity contribution is 6.31. The van der Waals surface area contributed by atoms with E-state index in [-0.39, 0.29) is 25.1 Å². The summed E-state index contributed by atoms with van der Waals surface area (Å²) in [4.78, 5) is 18.9. The minimum Gasteiger partial charge on any atom is -0.395 e. The molecule has 2 rings (SSSR count). The predicted molar refractivity (Wildman–Crippen MR) is 77.4 cm³/mol. The van der Waals surface area contributed by atoms with Crippen LogP contribution in [0.3, 0.4) is 0 Å². The van der Waals surface area contributed by atoms with Gasteiger partial charge in [-0.05, 0) is 24.6 Å². The second-order valence-electron chi connectivity index (χ2n) is 4.50. The lowest BCUT2D eigenvalue weighted by Crippen LogP contribution is -2.27. The number of hydrogen-bond acceptors (Lipinski definition) is 4. The lowest BCUT2D eigenvalue weighted by Gasteiger charge is -2.08. The smallest absolute Gasteiger partial charge is 0.220 e. The third-order valence-electron chi connectivity index (χ3n) is 2.93. The van der Waals surface area contributed by atoms with E-state index < -0.39 is 0 Å². The van der Waals surface area contributed by atoms with Gasteiger partial charge in [-0.15, -0.1) is 0 Å². The summed E-state index contributed by atoms with van der Waals surface area (Å²) >= 11 is 5.91. The highest BCUT2D eigenvalue weighted by Crippen LogP contribution is 2.20. The average Bonchev–Trinajstić information content (AvgIpc) is 2.85. The summed E-state index contributed by atoms with van der Waals surface area (Å²) in [5, 5.41) is 11.8. The zero-order valence-corrected chi connectivity index (χ0v) is 11.7. The molecule has 1 heterocycles. The molecule has 7 heteroatoms. The summed E-state index contributed by atoms with van der Waals surface area (Å²) in [6.07, 6.45) is 0.768. The van der Waals surface area contributed by atoms with E-state index >= 15 is 0 Å². The zero-order valence-electron chi connectivity index (χ0n) is 10.9. The van der Waals surface area contributed by atoms with E-state index in [4.69, 9.17) is 22.4 Å². The molecule has 0 saturated heterocycles. The molecule has 0 aliphatic rings. The average molecular weight is 297 g/mol. The number of aliphatic hydroxyl groups is 1. The van der Waals surface area contributed by atoms with Crippen LogP contribution in [-0.2, 0) is 4.79 Å². The summed E-state index contributed by atoms with van der Waals surface area (Å²) in [6.45, 7) is 0.194. The van der Waals surface area contributed by atoms with Crippen LogP contribution in [0.1, 0.15) is 24.7 Å². The van der Waals surface area contributed by atoms with Gasteiger partial charge in [0.2, 0.25) is 5.91 Å². The Morgan fingerprint density at radius 2 is 2.35 bits per heavy atom. The van der Waals surface area contributed by atoms with Crippen molar-refractivity contribution >= 4 is 28.5 Å². The molecule has 1 amide bonds. The van der Waals surface area contributed by atoms with Gasteiger partial charge in [-0.2, -0.15) is 0 Å². The number of aromatic nitrogens is 2. The van der Waals surface area contributed by atoms with Crippen LogP contribution in [0.2, 0.25) is 5.02 Å². The number of benzene rings is 1. The number of carbonyl (C=O) groups is 1. The van der Waals surface area contributed by atoms with E-state index in [0.717, 1.165) is 11.0 Å². The first-order chi connectivity index (χ1) is 9.60. The van der Waals surface area contributed by atoms with E-state index in [1.54, 1.807) is 12.1 Å². The number of aliphatic hydroxyl groups excluding tert-OH is 1. The first-order valence-electron chi connectivity index (χ1n) is 6.38. The number of halogens is 1. The van der Waals surface area contributed by atoms with Gasteiger partial charge >= 0.3 is 0 Å². The fourth-order valence-corrected chi connectivity index (χ4v) is 2.06. The number of imidazole rings is 1. The Kier molecular flexibility index (Phi) is 4.94. The Balaban J connectivity index is 1.97. The number of amides is 1. The molecule has 6 nitrogen and oxygen atoms in total. The Hall–Kier alpha value is -1.63. The number of H-pyrrole nitrogens is 1. The molecule has 0 saturated carbocycles. The van der Waals surface area contributed by atoms with Gasteiger partial charge in [-0.3, -0.25) is 4.79 Å². The van der Waals surface area contributed by atoms with Crippen LogP contribution in [0, 0.1) is 0 Å². The van der Waals surface area contributed by atoms with Gasteiger partial charge in [0, 0.05) is 18.0 Å².